The van der Waals surface area contributed by atoms with Crippen LogP contribution in [0.1, 0.15) is 16.8 Å². The highest BCUT2D eigenvalue weighted by Crippen LogP contribution is 2.10. The molecule has 124 valence electrons. The maximum Gasteiger partial charge on any atom is 0.251 e. The summed E-state index contributed by atoms with van der Waals surface area (Å²) in [4.78, 5) is 12.0. The van der Waals surface area contributed by atoms with Gasteiger partial charge in [0.05, 0.1) is 18.1 Å². The van der Waals surface area contributed by atoms with E-state index in [-0.39, 0.29) is 10.8 Å². The van der Waals surface area contributed by atoms with Gasteiger partial charge < -0.3 is 14.8 Å². The van der Waals surface area contributed by atoms with Gasteiger partial charge in [0.25, 0.3) is 5.91 Å². The largest absolute Gasteiger partial charge is 0.382 e. The number of ether oxygens (including phenoxy) is 2. The van der Waals surface area contributed by atoms with Crippen LogP contribution in [-0.2, 0) is 19.5 Å². The van der Waals surface area contributed by atoms with Gasteiger partial charge in [0.2, 0.25) is 10.0 Å². The molecule has 22 heavy (non-hydrogen) atoms. The molecule has 1 aromatic rings. The van der Waals surface area contributed by atoms with Gasteiger partial charge in [-0.05, 0) is 37.7 Å². The smallest absolute Gasteiger partial charge is 0.251 e. The second-order valence-corrected chi connectivity index (χ2v) is 6.33. The molecule has 0 aromatic heterocycles. The van der Waals surface area contributed by atoms with Crippen LogP contribution in [0.4, 0.5) is 0 Å². The van der Waals surface area contributed by atoms with E-state index in [9.17, 15) is 13.2 Å². The van der Waals surface area contributed by atoms with Crippen molar-refractivity contribution in [2.75, 3.05) is 40.5 Å². The lowest BCUT2D eigenvalue weighted by molar-refractivity contribution is 0.0688. The van der Waals surface area contributed by atoms with Gasteiger partial charge in [-0.1, -0.05) is 0 Å². The zero-order valence-corrected chi connectivity index (χ0v) is 13.6. The Bertz CT molecular complexity index is 557. The highest BCUT2D eigenvalue weighted by atomic mass is 32.2. The molecule has 0 heterocycles. The number of benzene rings is 1. The summed E-state index contributed by atoms with van der Waals surface area (Å²) in [6.45, 7) is 2.12. The van der Waals surface area contributed by atoms with Crippen molar-refractivity contribution < 1.29 is 22.7 Å². The monoisotopic (exact) mass is 330 g/mol. The Kier molecular flexibility index (Phi) is 8.03. The number of sulfonamides is 1. The summed E-state index contributed by atoms with van der Waals surface area (Å²) < 4.78 is 35.5. The van der Waals surface area contributed by atoms with E-state index >= 15 is 0 Å². The fraction of sp³-hybridized carbons (Fsp3) is 0.500. The average Bonchev–Trinajstić information content (AvgIpc) is 2.54. The highest BCUT2D eigenvalue weighted by molar-refractivity contribution is 7.89. The third-order valence-electron chi connectivity index (χ3n) is 2.88. The van der Waals surface area contributed by atoms with E-state index in [1.54, 1.807) is 7.11 Å². The molecule has 0 spiro atoms. The minimum absolute atomic E-state index is 0.123. The van der Waals surface area contributed by atoms with Crippen LogP contribution in [0, 0.1) is 0 Å². The third kappa shape index (κ3) is 6.10. The summed E-state index contributed by atoms with van der Waals surface area (Å²) >= 11 is 0. The number of methoxy groups -OCH3 is 1. The summed E-state index contributed by atoms with van der Waals surface area (Å²) in [5.74, 6) is -0.245. The number of rotatable bonds is 10. The summed E-state index contributed by atoms with van der Waals surface area (Å²) in [5, 5.41) is 2.75. The minimum Gasteiger partial charge on any atom is -0.382 e. The molecule has 0 aliphatic heterocycles. The molecule has 0 aliphatic rings. The number of hydrogen-bond donors (Lipinski definition) is 2. The Morgan fingerprint density at radius 1 is 1.14 bits per heavy atom. The van der Waals surface area contributed by atoms with Crippen LogP contribution >= 0.6 is 0 Å². The quantitative estimate of drug-likeness (QED) is 0.605. The molecular formula is C14H22N2O5S. The Morgan fingerprint density at radius 3 is 2.41 bits per heavy atom. The predicted molar refractivity (Wildman–Crippen MR) is 82.3 cm³/mol. The molecule has 2 N–H and O–H groups in total. The molecular weight excluding hydrogens is 308 g/mol. The van der Waals surface area contributed by atoms with Crippen LogP contribution in [0.2, 0.25) is 0 Å². The Hall–Kier alpha value is -1.48. The first-order valence-corrected chi connectivity index (χ1v) is 8.38. The first kappa shape index (κ1) is 18.6. The van der Waals surface area contributed by atoms with E-state index in [0.717, 1.165) is 0 Å². The van der Waals surface area contributed by atoms with E-state index in [2.05, 4.69) is 10.0 Å². The summed E-state index contributed by atoms with van der Waals surface area (Å²) in [6, 6.07) is 5.76. The van der Waals surface area contributed by atoms with Gasteiger partial charge in [0.1, 0.15) is 0 Å². The number of carbonyl (C=O) groups is 1. The first-order chi connectivity index (χ1) is 10.5. The lowest BCUT2D eigenvalue weighted by atomic mass is 10.2. The van der Waals surface area contributed by atoms with Crippen LogP contribution in [0.5, 0.6) is 0 Å². The first-order valence-electron chi connectivity index (χ1n) is 6.89. The van der Waals surface area contributed by atoms with Crippen molar-refractivity contribution in [3.63, 3.8) is 0 Å². The van der Waals surface area contributed by atoms with Gasteiger partial charge in [-0.2, -0.15) is 0 Å². The number of hydrogen-bond acceptors (Lipinski definition) is 5. The van der Waals surface area contributed by atoms with Crippen molar-refractivity contribution in [2.45, 2.75) is 11.3 Å². The second kappa shape index (κ2) is 9.52. The zero-order valence-electron chi connectivity index (χ0n) is 12.8. The lowest BCUT2D eigenvalue weighted by Gasteiger charge is -2.07. The summed E-state index contributed by atoms with van der Waals surface area (Å²) in [5.41, 5.74) is 0.412. The van der Waals surface area contributed by atoms with Crippen molar-refractivity contribution in [1.82, 2.24) is 10.0 Å². The highest BCUT2D eigenvalue weighted by Gasteiger charge is 2.12. The molecule has 1 amide bonds. The summed E-state index contributed by atoms with van der Waals surface area (Å²) in [7, 11) is -0.535. The molecule has 0 saturated carbocycles. The number of amides is 1. The van der Waals surface area contributed by atoms with E-state index in [1.165, 1.54) is 31.3 Å². The average molecular weight is 330 g/mol. The molecule has 1 aromatic carbocycles. The fourth-order valence-corrected chi connectivity index (χ4v) is 2.36. The standard InChI is InChI=1S/C14H22N2O5S/c1-15-22(18,19)13-6-4-12(5-7-13)14(17)16-8-3-9-21-11-10-20-2/h4-7,15H,3,8-11H2,1-2H3,(H,16,17). The molecule has 0 aliphatic carbocycles. The molecule has 0 bridgehead atoms. The maximum absolute atomic E-state index is 11.9. The molecule has 8 heteroatoms. The second-order valence-electron chi connectivity index (χ2n) is 4.45. The van der Waals surface area contributed by atoms with Gasteiger partial charge in [-0.3, -0.25) is 4.79 Å². The van der Waals surface area contributed by atoms with Crippen LogP contribution < -0.4 is 10.0 Å². The van der Waals surface area contributed by atoms with Crippen LogP contribution in [0.15, 0.2) is 29.2 Å². The van der Waals surface area contributed by atoms with Crippen molar-refractivity contribution in [1.29, 1.82) is 0 Å². The summed E-state index contributed by atoms with van der Waals surface area (Å²) in [6.07, 6.45) is 0.696. The topological polar surface area (TPSA) is 93.7 Å². The van der Waals surface area contributed by atoms with Crippen molar-refractivity contribution in [3.05, 3.63) is 29.8 Å². The molecule has 0 unspecified atom stereocenters. The van der Waals surface area contributed by atoms with Gasteiger partial charge >= 0.3 is 0 Å². The minimum atomic E-state index is -3.48. The molecule has 0 radical (unpaired) electrons. The van der Waals surface area contributed by atoms with Gasteiger partial charge in [-0.25, -0.2) is 13.1 Å². The van der Waals surface area contributed by atoms with E-state index < -0.39 is 10.0 Å². The zero-order chi connectivity index (χ0) is 16.4. The lowest BCUT2D eigenvalue weighted by Crippen LogP contribution is -2.25. The van der Waals surface area contributed by atoms with Crippen molar-refractivity contribution in [3.8, 4) is 0 Å². The van der Waals surface area contributed by atoms with Gasteiger partial charge in [0.15, 0.2) is 0 Å². The Morgan fingerprint density at radius 2 is 1.82 bits per heavy atom. The predicted octanol–water partition coefficient (Wildman–Crippen LogP) is 0.378. The maximum atomic E-state index is 11.9. The van der Waals surface area contributed by atoms with Gasteiger partial charge in [-0.15, -0.1) is 0 Å². The van der Waals surface area contributed by atoms with Gasteiger partial charge in [0, 0.05) is 25.8 Å². The molecule has 0 atom stereocenters. The molecule has 7 nitrogen and oxygen atoms in total. The van der Waals surface area contributed by atoms with E-state index in [4.69, 9.17) is 9.47 Å². The third-order valence-corrected chi connectivity index (χ3v) is 4.31. The molecule has 0 fully saturated rings. The van der Waals surface area contributed by atoms with Crippen LogP contribution in [-0.4, -0.2) is 54.8 Å². The van der Waals surface area contributed by atoms with Crippen molar-refractivity contribution in [2.24, 2.45) is 0 Å². The number of carbonyl (C=O) groups excluding carboxylic acids is 1. The van der Waals surface area contributed by atoms with Crippen LogP contribution in [0.3, 0.4) is 0 Å². The normalized spacial score (nSPS) is 11.4. The molecule has 1 rings (SSSR count). The number of nitrogens with one attached hydrogen (secondary N) is 2. The Balaban J connectivity index is 2.37. The van der Waals surface area contributed by atoms with E-state index in [1.807, 2.05) is 0 Å². The van der Waals surface area contributed by atoms with Crippen molar-refractivity contribution >= 4 is 15.9 Å². The SMILES string of the molecule is CNS(=O)(=O)c1ccc(C(=O)NCCCOCCOC)cc1. The van der Waals surface area contributed by atoms with Crippen LogP contribution in [0.25, 0.3) is 0 Å². The fourth-order valence-electron chi connectivity index (χ4n) is 1.63. The molecule has 0 saturated heterocycles. The Labute approximate surface area is 131 Å². The van der Waals surface area contributed by atoms with E-state index in [0.29, 0.717) is 38.3 Å².